The van der Waals surface area contributed by atoms with Gasteiger partial charge in [0.2, 0.25) is 5.91 Å². The summed E-state index contributed by atoms with van der Waals surface area (Å²) in [5.41, 5.74) is 0.547. The first-order valence-electron chi connectivity index (χ1n) is 8.50. The Bertz CT molecular complexity index is 683. The normalized spacial score (nSPS) is 25.5. The van der Waals surface area contributed by atoms with Crippen LogP contribution in [0.4, 0.5) is 0 Å². The van der Waals surface area contributed by atoms with Crippen LogP contribution in [0.1, 0.15) is 23.2 Å². The van der Waals surface area contributed by atoms with Gasteiger partial charge in [-0.05, 0) is 18.6 Å². The minimum absolute atomic E-state index is 0.113. The molecule has 1 N–H and O–H groups in total. The highest BCUT2D eigenvalue weighted by Gasteiger charge is 2.43. The largest absolute Gasteiger partial charge is 0.481 e. The zero-order valence-electron chi connectivity index (χ0n) is 14.5. The minimum Gasteiger partial charge on any atom is -0.481 e. The highest BCUT2D eigenvalue weighted by molar-refractivity contribution is 7.99. The van der Waals surface area contributed by atoms with Crippen LogP contribution in [0.25, 0.3) is 0 Å². The lowest BCUT2D eigenvalue weighted by molar-refractivity contribution is -0.141. The zero-order chi connectivity index (χ0) is 18.7. The van der Waals surface area contributed by atoms with Crippen molar-refractivity contribution in [2.45, 2.75) is 31.0 Å². The molecule has 8 heteroatoms. The number of amides is 2. The van der Waals surface area contributed by atoms with E-state index in [1.165, 1.54) is 11.8 Å². The van der Waals surface area contributed by atoms with E-state index in [-0.39, 0.29) is 24.3 Å². The molecule has 2 fully saturated rings. The number of carboxylic acids is 1. The Labute approximate surface area is 156 Å². The third kappa shape index (κ3) is 3.86. The Balaban J connectivity index is 1.76. The number of carbonyl (C=O) groups is 3. The van der Waals surface area contributed by atoms with Crippen molar-refractivity contribution >= 4 is 29.5 Å². The highest BCUT2D eigenvalue weighted by atomic mass is 32.2. The molecule has 0 bridgehead atoms. The van der Waals surface area contributed by atoms with E-state index in [0.29, 0.717) is 30.2 Å². The molecule has 140 valence electrons. The number of rotatable bonds is 5. The third-order valence-corrected chi connectivity index (χ3v) is 5.86. The van der Waals surface area contributed by atoms with Crippen molar-refractivity contribution in [2.24, 2.45) is 0 Å². The molecule has 1 aromatic rings. The van der Waals surface area contributed by atoms with Gasteiger partial charge in [-0.1, -0.05) is 18.2 Å². The van der Waals surface area contributed by atoms with Crippen LogP contribution in [0.5, 0.6) is 0 Å². The van der Waals surface area contributed by atoms with Gasteiger partial charge < -0.3 is 19.6 Å². The van der Waals surface area contributed by atoms with E-state index in [9.17, 15) is 14.4 Å². The fourth-order valence-corrected chi connectivity index (χ4v) is 4.64. The molecule has 26 heavy (non-hydrogen) atoms. The van der Waals surface area contributed by atoms with Crippen molar-refractivity contribution in [1.29, 1.82) is 0 Å². The average Bonchev–Trinajstić information content (AvgIpc) is 3.28. The van der Waals surface area contributed by atoms with E-state index >= 15 is 0 Å². The van der Waals surface area contributed by atoms with Crippen molar-refractivity contribution in [3.05, 3.63) is 35.9 Å². The number of carboxylic acid groups (broad SMARTS) is 1. The maximum absolute atomic E-state index is 13.1. The number of ether oxygens (including phenoxy) is 1. The average molecular weight is 378 g/mol. The number of aliphatic carboxylic acids is 1. The number of hydrogen-bond acceptors (Lipinski definition) is 5. The molecule has 2 aliphatic rings. The van der Waals surface area contributed by atoms with Crippen LogP contribution in [0.3, 0.4) is 0 Å². The van der Waals surface area contributed by atoms with Crippen molar-refractivity contribution in [1.82, 2.24) is 9.80 Å². The predicted octanol–water partition coefficient (Wildman–Crippen LogP) is 1.29. The van der Waals surface area contributed by atoms with Gasteiger partial charge in [-0.25, -0.2) is 0 Å². The summed E-state index contributed by atoms with van der Waals surface area (Å²) in [5, 5.41) is 9.14. The summed E-state index contributed by atoms with van der Waals surface area (Å²) in [6, 6.07) is 7.92. The van der Waals surface area contributed by atoms with Gasteiger partial charge in [0.1, 0.15) is 6.04 Å². The van der Waals surface area contributed by atoms with Gasteiger partial charge in [0.15, 0.2) is 0 Å². The number of thioether (sulfide) groups is 1. The fraction of sp³-hybridized carbons (Fsp3) is 0.500. The monoisotopic (exact) mass is 378 g/mol. The van der Waals surface area contributed by atoms with Gasteiger partial charge in [-0.15, -0.1) is 11.8 Å². The molecule has 1 aromatic carbocycles. The van der Waals surface area contributed by atoms with Crippen LogP contribution in [-0.4, -0.2) is 76.2 Å². The molecule has 0 radical (unpaired) electrons. The van der Waals surface area contributed by atoms with Gasteiger partial charge in [-0.3, -0.25) is 14.4 Å². The first-order chi connectivity index (χ1) is 12.5. The second-order valence-corrected chi connectivity index (χ2v) is 7.49. The van der Waals surface area contributed by atoms with Gasteiger partial charge in [0, 0.05) is 31.0 Å². The van der Waals surface area contributed by atoms with Crippen molar-refractivity contribution < 1.29 is 24.2 Å². The molecule has 3 unspecified atom stereocenters. The highest BCUT2D eigenvalue weighted by Crippen LogP contribution is 2.29. The Hall–Kier alpha value is -2.06. The van der Waals surface area contributed by atoms with Crippen LogP contribution in [0.15, 0.2) is 30.3 Å². The fourth-order valence-electron chi connectivity index (χ4n) is 3.49. The van der Waals surface area contributed by atoms with Crippen LogP contribution >= 0.6 is 11.8 Å². The van der Waals surface area contributed by atoms with Gasteiger partial charge >= 0.3 is 5.97 Å². The van der Waals surface area contributed by atoms with E-state index in [1.54, 1.807) is 41.2 Å². The standard InChI is InChI=1S/C18H22N2O5S/c1-25-14-7-13(8-16(21)22)19(9-14)18(24)15-10-26-11-20(15)17(23)12-5-3-2-4-6-12/h2-6,13-15H,7-11H2,1H3,(H,21,22). The molecule has 3 atom stereocenters. The predicted molar refractivity (Wildman–Crippen MR) is 96.9 cm³/mol. The van der Waals surface area contributed by atoms with E-state index in [0.717, 1.165) is 0 Å². The summed E-state index contributed by atoms with van der Waals surface area (Å²) in [7, 11) is 1.56. The smallest absolute Gasteiger partial charge is 0.305 e. The van der Waals surface area contributed by atoms with Crippen molar-refractivity contribution in [2.75, 3.05) is 25.3 Å². The summed E-state index contributed by atoms with van der Waals surface area (Å²) >= 11 is 1.53. The lowest BCUT2D eigenvalue weighted by Gasteiger charge is -2.30. The number of hydrogen-bond donors (Lipinski definition) is 1. The molecule has 0 saturated carbocycles. The van der Waals surface area contributed by atoms with E-state index in [1.807, 2.05) is 6.07 Å². The first-order valence-corrected chi connectivity index (χ1v) is 9.65. The van der Waals surface area contributed by atoms with Crippen molar-refractivity contribution in [3.63, 3.8) is 0 Å². The number of methoxy groups -OCH3 is 1. The molecule has 0 aliphatic carbocycles. The molecule has 0 aromatic heterocycles. The number of benzene rings is 1. The maximum atomic E-state index is 13.1. The lowest BCUT2D eigenvalue weighted by atomic mass is 10.1. The molecule has 3 rings (SSSR count). The van der Waals surface area contributed by atoms with Crippen molar-refractivity contribution in [3.8, 4) is 0 Å². The van der Waals surface area contributed by atoms with Gasteiger partial charge in [0.25, 0.3) is 5.91 Å². The summed E-state index contributed by atoms with van der Waals surface area (Å²) in [4.78, 5) is 40.2. The van der Waals surface area contributed by atoms with Gasteiger partial charge in [0.05, 0.1) is 18.4 Å². The second-order valence-electron chi connectivity index (χ2n) is 6.49. The van der Waals surface area contributed by atoms with E-state index in [2.05, 4.69) is 0 Å². The molecule has 7 nitrogen and oxygen atoms in total. The summed E-state index contributed by atoms with van der Waals surface area (Å²) < 4.78 is 5.34. The minimum atomic E-state index is -0.942. The Morgan fingerprint density at radius 1 is 1.23 bits per heavy atom. The zero-order valence-corrected chi connectivity index (χ0v) is 15.4. The number of carbonyl (C=O) groups excluding carboxylic acids is 2. The summed E-state index contributed by atoms with van der Waals surface area (Å²) in [6.45, 7) is 0.363. The summed E-state index contributed by atoms with van der Waals surface area (Å²) in [6.07, 6.45) is 0.217. The first kappa shape index (κ1) is 18.7. The molecular weight excluding hydrogens is 356 g/mol. The second kappa shape index (κ2) is 8.09. The van der Waals surface area contributed by atoms with Crippen LogP contribution in [-0.2, 0) is 14.3 Å². The molecular formula is C18H22N2O5S. The van der Waals surface area contributed by atoms with Crippen LogP contribution in [0.2, 0.25) is 0 Å². The van der Waals surface area contributed by atoms with Crippen LogP contribution in [0, 0.1) is 0 Å². The maximum Gasteiger partial charge on any atom is 0.305 e. The number of likely N-dealkylation sites (tertiary alicyclic amines) is 1. The van der Waals surface area contributed by atoms with Gasteiger partial charge in [-0.2, -0.15) is 0 Å². The van der Waals surface area contributed by atoms with Crippen LogP contribution < -0.4 is 0 Å². The topological polar surface area (TPSA) is 87.2 Å². The Morgan fingerprint density at radius 3 is 2.62 bits per heavy atom. The lowest BCUT2D eigenvalue weighted by Crippen LogP contribution is -2.51. The molecule has 2 aliphatic heterocycles. The van der Waals surface area contributed by atoms with E-state index in [4.69, 9.17) is 9.84 Å². The quantitative estimate of drug-likeness (QED) is 0.831. The Morgan fingerprint density at radius 2 is 1.96 bits per heavy atom. The molecule has 2 heterocycles. The summed E-state index contributed by atoms with van der Waals surface area (Å²) in [5.74, 6) is -0.334. The SMILES string of the molecule is COC1CC(CC(=O)O)N(C(=O)C2CSCN2C(=O)c2ccccc2)C1. The molecule has 2 amide bonds. The molecule has 0 spiro atoms. The Kier molecular flexibility index (Phi) is 5.83. The van der Waals surface area contributed by atoms with E-state index < -0.39 is 18.1 Å². The third-order valence-electron chi connectivity index (χ3n) is 4.85. The number of nitrogens with zero attached hydrogens (tertiary/aromatic N) is 2. The molecule has 2 saturated heterocycles.